The number of hydrogen-bond acceptors (Lipinski definition) is 15. The molecule has 0 amide bonds. The molecule has 0 rings (SSSR count). The van der Waals surface area contributed by atoms with E-state index in [1.807, 2.05) is 0 Å². The normalized spacial score (nSPS) is 14.6. The lowest BCUT2D eigenvalue weighted by atomic mass is 10.00. The van der Waals surface area contributed by atoms with Crippen LogP contribution in [0.5, 0.6) is 0 Å². The fourth-order valence-electron chi connectivity index (χ4n) is 9.55. The fraction of sp³-hybridized carbons (Fsp3) is 0.938. The average molecular weight is 1230 g/mol. The Kier molecular flexibility index (Phi) is 56.4. The summed E-state index contributed by atoms with van der Waals surface area (Å²) in [6, 6.07) is 0. The molecule has 0 saturated carbocycles. The smallest absolute Gasteiger partial charge is 0.462 e. The first-order valence-electron chi connectivity index (χ1n) is 33.7. The Labute approximate surface area is 505 Å². The zero-order valence-electron chi connectivity index (χ0n) is 53.3. The predicted octanol–water partition coefficient (Wildman–Crippen LogP) is 17.8. The maximum Gasteiger partial charge on any atom is 0.472 e. The lowest BCUT2D eigenvalue weighted by molar-refractivity contribution is -0.161. The molecule has 0 aromatic carbocycles. The topological polar surface area (TPSA) is 237 Å². The van der Waals surface area contributed by atoms with E-state index in [0.717, 1.165) is 115 Å². The summed E-state index contributed by atoms with van der Waals surface area (Å²) in [5.74, 6) is -1.41. The van der Waals surface area contributed by atoms with Crippen LogP contribution < -0.4 is 0 Å². The van der Waals surface area contributed by atoms with Gasteiger partial charge in [-0.15, -0.1) is 0 Å². The first kappa shape index (κ1) is 81.1. The van der Waals surface area contributed by atoms with Crippen LogP contribution in [-0.4, -0.2) is 96.7 Å². The van der Waals surface area contributed by atoms with Crippen LogP contribution in [0.4, 0.5) is 0 Å². The summed E-state index contributed by atoms with van der Waals surface area (Å²) in [5, 5.41) is 10.5. The van der Waals surface area contributed by atoms with Gasteiger partial charge in [0.25, 0.3) is 0 Å². The van der Waals surface area contributed by atoms with Crippen molar-refractivity contribution in [1.82, 2.24) is 0 Å². The summed E-state index contributed by atoms with van der Waals surface area (Å²) in [7, 11) is -9.88. The molecule has 0 bridgehead atoms. The highest BCUT2D eigenvalue weighted by Crippen LogP contribution is 2.45. The molecule has 0 spiro atoms. The molecule has 0 aliphatic heterocycles. The van der Waals surface area contributed by atoms with Crippen molar-refractivity contribution in [3.8, 4) is 0 Å². The van der Waals surface area contributed by atoms with E-state index >= 15 is 0 Å². The Balaban J connectivity index is 5.17. The molecule has 0 fully saturated rings. The second kappa shape index (κ2) is 57.8. The van der Waals surface area contributed by atoms with E-state index in [1.54, 1.807) is 0 Å². The third-order valence-electron chi connectivity index (χ3n) is 15.1. The Bertz CT molecular complexity index is 1620. The molecular formula is C64H124O17P2. The first-order valence-corrected chi connectivity index (χ1v) is 36.7. The van der Waals surface area contributed by atoms with Gasteiger partial charge in [-0.25, -0.2) is 9.13 Å². The number of ether oxygens (including phenoxy) is 4. The third-order valence-corrected chi connectivity index (χ3v) is 17.0. The number of aliphatic hydroxyl groups excluding tert-OH is 1. The van der Waals surface area contributed by atoms with Crippen molar-refractivity contribution in [3.63, 3.8) is 0 Å². The van der Waals surface area contributed by atoms with Crippen LogP contribution in [0.25, 0.3) is 0 Å². The van der Waals surface area contributed by atoms with Crippen LogP contribution in [0.1, 0.15) is 324 Å². The predicted molar refractivity (Wildman–Crippen MR) is 331 cm³/mol. The number of esters is 4. The summed E-state index contributed by atoms with van der Waals surface area (Å²) in [6.07, 6.45) is 41.9. The molecule has 83 heavy (non-hydrogen) atoms. The molecule has 17 nitrogen and oxygen atoms in total. The van der Waals surface area contributed by atoms with Crippen molar-refractivity contribution >= 4 is 39.5 Å². The summed E-state index contributed by atoms with van der Waals surface area (Å²) in [5.41, 5.74) is 0. The molecule has 0 heterocycles. The summed E-state index contributed by atoms with van der Waals surface area (Å²) >= 11 is 0. The highest BCUT2D eigenvalue weighted by Gasteiger charge is 2.30. The Morgan fingerprint density at radius 1 is 0.337 bits per heavy atom. The van der Waals surface area contributed by atoms with E-state index in [0.29, 0.717) is 25.7 Å². The van der Waals surface area contributed by atoms with E-state index < -0.39 is 97.5 Å². The van der Waals surface area contributed by atoms with E-state index in [-0.39, 0.29) is 25.7 Å². The summed E-state index contributed by atoms with van der Waals surface area (Å²) < 4.78 is 67.9. The Morgan fingerprint density at radius 3 is 0.855 bits per heavy atom. The van der Waals surface area contributed by atoms with Gasteiger partial charge in [0, 0.05) is 25.7 Å². The second-order valence-corrected chi connectivity index (χ2v) is 26.3. The standard InChI is InChI=1S/C64H124O17P2/c1-6-10-13-16-19-22-23-24-25-26-27-28-29-30-33-40-45-50-64(69)81-60(54-75-62(67)48-43-38-35-34-36-41-46-57(5)9-4)56-79-83(72,73)77-52-58(65)51-76-82(70,71)78-55-59(80-63(68)49-44-39-32-21-18-15-12-8-3)53-74-61(66)47-42-37-31-20-17-14-11-7-2/h57-60,65H,6-56H2,1-5H3,(H,70,71)(H,72,73)/t57?,58-,59+,60+/m0/s1. The van der Waals surface area contributed by atoms with Gasteiger partial charge in [0.1, 0.15) is 19.3 Å². The zero-order chi connectivity index (χ0) is 61.3. The van der Waals surface area contributed by atoms with Crippen molar-refractivity contribution in [2.24, 2.45) is 5.92 Å². The van der Waals surface area contributed by atoms with Crippen LogP contribution in [-0.2, 0) is 65.4 Å². The number of hydrogen-bond donors (Lipinski definition) is 3. The van der Waals surface area contributed by atoms with Gasteiger partial charge in [-0.2, -0.15) is 0 Å². The van der Waals surface area contributed by atoms with Crippen molar-refractivity contribution < 1.29 is 80.2 Å². The highest BCUT2D eigenvalue weighted by molar-refractivity contribution is 7.47. The van der Waals surface area contributed by atoms with Crippen LogP contribution in [0, 0.1) is 5.92 Å². The average Bonchev–Trinajstić information content (AvgIpc) is 3.48. The van der Waals surface area contributed by atoms with E-state index in [9.17, 15) is 43.2 Å². The highest BCUT2D eigenvalue weighted by atomic mass is 31.2. The van der Waals surface area contributed by atoms with Crippen LogP contribution in [0.2, 0.25) is 0 Å². The maximum atomic E-state index is 13.0. The number of aliphatic hydroxyl groups is 1. The molecule has 0 aliphatic rings. The largest absolute Gasteiger partial charge is 0.472 e. The van der Waals surface area contributed by atoms with Crippen molar-refractivity contribution in [2.75, 3.05) is 39.6 Å². The number of carbonyl (C=O) groups is 4. The van der Waals surface area contributed by atoms with E-state index in [2.05, 4.69) is 34.6 Å². The number of carbonyl (C=O) groups excluding carboxylic acids is 4. The molecule has 0 aromatic heterocycles. The van der Waals surface area contributed by atoms with Gasteiger partial charge in [-0.05, 0) is 31.6 Å². The fourth-order valence-corrected chi connectivity index (χ4v) is 11.1. The SMILES string of the molecule is CCCCCCCCCCCCCCCCCCCC(=O)O[C@H](COC(=O)CCCCCCCCC(C)CC)COP(=O)(O)OC[C@@H](O)COP(=O)(O)OC[C@@H](COC(=O)CCCCCCCCCC)OC(=O)CCCCCCCCCC. The molecule has 19 heteroatoms. The zero-order valence-corrected chi connectivity index (χ0v) is 55.1. The van der Waals surface area contributed by atoms with Gasteiger partial charge in [-0.3, -0.25) is 37.3 Å². The van der Waals surface area contributed by atoms with Gasteiger partial charge in [0.15, 0.2) is 12.2 Å². The van der Waals surface area contributed by atoms with Gasteiger partial charge < -0.3 is 33.8 Å². The van der Waals surface area contributed by atoms with Crippen LogP contribution in [0.15, 0.2) is 0 Å². The van der Waals surface area contributed by atoms with Gasteiger partial charge in [-0.1, -0.05) is 272 Å². The van der Waals surface area contributed by atoms with Crippen LogP contribution in [0.3, 0.4) is 0 Å². The minimum atomic E-state index is -4.94. The molecule has 492 valence electrons. The quantitative estimate of drug-likeness (QED) is 0.0222. The van der Waals surface area contributed by atoms with Crippen LogP contribution >= 0.6 is 15.6 Å². The molecule has 0 saturated heterocycles. The summed E-state index contributed by atoms with van der Waals surface area (Å²) in [6.45, 7) is 7.11. The molecule has 6 atom stereocenters. The third kappa shape index (κ3) is 57.6. The van der Waals surface area contributed by atoms with Crippen molar-refractivity contribution in [1.29, 1.82) is 0 Å². The number of phosphoric ester groups is 2. The lowest BCUT2D eigenvalue weighted by Gasteiger charge is -2.21. The number of phosphoric acid groups is 2. The maximum absolute atomic E-state index is 13.0. The monoisotopic (exact) mass is 1230 g/mol. The minimum absolute atomic E-state index is 0.105. The molecule has 3 unspecified atom stereocenters. The van der Waals surface area contributed by atoms with Crippen molar-refractivity contribution in [3.05, 3.63) is 0 Å². The molecule has 0 aliphatic carbocycles. The molecule has 0 aromatic rings. The Morgan fingerprint density at radius 2 is 0.578 bits per heavy atom. The van der Waals surface area contributed by atoms with Gasteiger partial charge in [0.05, 0.1) is 26.4 Å². The molecule has 3 N–H and O–H groups in total. The van der Waals surface area contributed by atoms with Gasteiger partial charge >= 0.3 is 39.5 Å². The molecule has 0 radical (unpaired) electrons. The second-order valence-electron chi connectivity index (χ2n) is 23.4. The first-order chi connectivity index (χ1) is 40.1. The van der Waals surface area contributed by atoms with Gasteiger partial charge in [0.2, 0.25) is 0 Å². The molecular weight excluding hydrogens is 1100 g/mol. The number of unbranched alkanes of at least 4 members (excludes halogenated alkanes) is 35. The lowest BCUT2D eigenvalue weighted by Crippen LogP contribution is -2.30. The van der Waals surface area contributed by atoms with E-state index in [1.165, 1.54) is 128 Å². The Hall–Kier alpha value is -1.94. The van der Waals surface area contributed by atoms with E-state index in [4.69, 9.17) is 37.0 Å². The minimum Gasteiger partial charge on any atom is -0.462 e. The van der Waals surface area contributed by atoms with Crippen molar-refractivity contribution in [2.45, 2.75) is 342 Å². The number of rotatable bonds is 64. The summed E-state index contributed by atoms with van der Waals surface area (Å²) in [4.78, 5) is 72.0.